The second kappa shape index (κ2) is 5.03. The van der Waals surface area contributed by atoms with E-state index in [1.54, 1.807) is 0 Å². The van der Waals surface area contributed by atoms with Gasteiger partial charge in [-0.05, 0) is 44.2 Å². The number of nitrogens with zero attached hydrogens (tertiary/aromatic N) is 1. The number of piperidine rings is 1. The molecule has 1 unspecified atom stereocenters. The van der Waals surface area contributed by atoms with Gasteiger partial charge in [-0.25, -0.2) is 0 Å². The van der Waals surface area contributed by atoms with Crippen molar-refractivity contribution < 1.29 is 4.74 Å². The van der Waals surface area contributed by atoms with Gasteiger partial charge in [0.25, 0.3) is 0 Å². The summed E-state index contributed by atoms with van der Waals surface area (Å²) >= 11 is 0. The van der Waals surface area contributed by atoms with Crippen molar-refractivity contribution in [1.29, 1.82) is 0 Å². The molecule has 0 amide bonds. The van der Waals surface area contributed by atoms with Gasteiger partial charge < -0.3 is 10.5 Å². The highest BCUT2D eigenvalue weighted by Crippen LogP contribution is 2.32. The maximum Gasteiger partial charge on any atom is 0.0663 e. The molecule has 0 bridgehead atoms. The van der Waals surface area contributed by atoms with Crippen molar-refractivity contribution in [2.24, 2.45) is 17.6 Å². The third-order valence-electron chi connectivity index (χ3n) is 4.62. The molecule has 2 N–H and O–H groups in total. The summed E-state index contributed by atoms with van der Waals surface area (Å²) in [7, 11) is 0. The Morgan fingerprint density at radius 1 is 1.38 bits per heavy atom. The van der Waals surface area contributed by atoms with Crippen LogP contribution in [-0.4, -0.2) is 43.3 Å². The van der Waals surface area contributed by atoms with Crippen molar-refractivity contribution >= 4 is 0 Å². The van der Waals surface area contributed by atoms with Crippen LogP contribution in [-0.2, 0) is 4.74 Å². The Morgan fingerprint density at radius 2 is 2.06 bits per heavy atom. The SMILES string of the molecule is CC(C)C1CCN(C2(CN)CCOC2)CC1. The van der Waals surface area contributed by atoms with E-state index in [-0.39, 0.29) is 5.54 Å². The minimum atomic E-state index is 0.169. The number of hydrogen-bond acceptors (Lipinski definition) is 3. The largest absolute Gasteiger partial charge is 0.379 e. The van der Waals surface area contributed by atoms with Gasteiger partial charge >= 0.3 is 0 Å². The molecule has 0 aromatic rings. The maximum atomic E-state index is 5.97. The summed E-state index contributed by atoms with van der Waals surface area (Å²) in [5.41, 5.74) is 6.14. The lowest BCUT2D eigenvalue weighted by Gasteiger charge is -2.44. The Labute approximate surface area is 99.3 Å². The molecule has 2 fully saturated rings. The molecule has 3 nitrogen and oxygen atoms in total. The van der Waals surface area contributed by atoms with Gasteiger partial charge in [-0.2, -0.15) is 0 Å². The van der Waals surface area contributed by atoms with E-state index in [1.165, 1.54) is 25.9 Å². The molecular weight excluding hydrogens is 200 g/mol. The van der Waals surface area contributed by atoms with E-state index in [9.17, 15) is 0 Å². The average Bonchev–Trinajstić information content (AvgIpc) is 2.79. The standard InChI is InChI=1S/C13H26N2O/c1-11(2)12-3-6-15(7-4-12)13(9-14)5-8-16-10-13/h11-12H,3-10,14H2,1-2H3. The van der Waals surface area contributed by atoms with E-state index in [0.29, 0.717) is 0 Å². The lowest BCUT2D eigenvalue weighted by Crippen LogP contribution is -2.57. The van der Waals surface area contributed by atoms with Crippen molar-refractivity contribution in [3.05, 3.63) is 0 Å². The highest BCUT2D eigenvalue weighted by atomic mass is 16.5. The lowest BCUT2D eigenvalue weighted by atomic mass is 9.84. The molecule has 0 spiro atoms. The predicted octanol–water partition coefficient (Wildman–Crippen LogP) is 1.47. The van der Waals surface area contributed by atoms with Gasteiger partial charge in [0.05, 0.1) is 12.1 Å². The predicted molar refractivity (Wildman–Crippen MR) is 66.4 cm³/mol. The van der Waals surface area contributed by atoms with Gasteiger partial charge in [-0.1, -0.05) is 13.8 Å². The zero-order valence-corrected chi connectivity index (χ0v) is 10.7. The van der Waals surface area contributed by atoms with Crippen molar-refractivity contribution in [2.75, 3.05) is 32.8 Å². The molecule has 0 radical (unpaired) electrons. The smallest absolute Gasteiger partial charge is 0.0663 e. The highest BCUT2D eigenvalue weighted by Gasteiger charge is 2.40. The summed E-state index contributed by atoms with van der Waals surface area (Å²) in [6.07, 6.45) is 3.79. The topological polar surface area (TPSA) is 38.5 Å². The molecule has 3 heteroatoms. The quantitative estimate of drug-likeness (QED) is 0.792. The second-order valence-electron chi connectivity index (χ2n) is 5.80. The first kappa shape index (κ1) is 12.3. The molecule has 16 heavy (non-hydrogen) atoms. The molecule has 0 aromatic carbocycles. The van der Waals surface area contributed by atoms with E-state index in [0.717, 1.165) is 38.0 Å². The van der Waals surface area contributed by atoms with E-state index < -0.39 is 0 Å². The van der Waals surface area contributed by atoms with Gasteiger partial charge in [-0.15, -0.1) is 0 Å². The third kappa shape index (κ3) is 2.27. The number of hydrogen-bond donors (Lipinski definition) is 1. The van der Waals surface area contributed by atoms with Crippen LogP contribution in [0.1, 0.15) is 33.1 Å². The monoisotopic (exact) mass is 226 g/mol. The summed E-state index contributed by atoms with van der Waals surface area (Å²) in [5, 5.41) is 0. The van der Waals surface area contributed by atoms with Crippen molar-refractivity contribution in [1.82, 2.24) is 4.90 Å². The Morgan fingerprint density at radius 3 is 2.50 bits per heavy atom. The molecule has 2 aliphatic heterocycles. The van der Waals surface area contributed by atoms with E-state index in [1.807, 2.05) is 0 Å². The highest BCUT2D eigenvalue weighted by molar-refractivity contribution is 4.96. The second-order valence-corrected chi connectivity index (χ2v) is 5.80. The molecule has 2 saturated heterocycles. The van der Waals surface area contributed by atoms with Crippen LogP contribution in [0.3, 0.4) is 0 Å². The lowest BCUT2D eigenvalue weighted by molar-refractivity contribution is 0.0353. The van der Waals surface area contributed by atoms with Crippen LogP contribution >= 0.6 is 0 Å². The van der Waals surface area contributed by atoms with Crippen LogP contribution in [0.5, 0.6) is 0 Å². The van der Waals surface area contributed by atoms with Gasteiger partial charge in [0, 0.05) is 13.2 Å². The molecule has 2 heterocycles. The van der Waals surface area contributed by atoms with Crippen molar-refractivity contribution in [2.45, 2.75) is 38.6 Å². The van der Waals surface area contributed by atoms with Crippen molar-refractivity contribution in [3.63, 3.8) is 0 Å². The fraction of sp³-hybridized carbons (Fsp3) is 1.00. The fourth-order valence-corrected chi connectivity index (χ4v) is 3.18. The molecule has 0 aromatic heterocycles. The zero-order chi connectivity index (χ0) is 11.6. The summed E-state index contributed by atoms with van der Waals surface area (Å²) in [6.45, 7) is 9.60. The van der Waals surface area contributed by atoms with Crippen LogP contribution < -0.4 is 5.73 Å². The fourth-order valence-electron chi connectivity index (χ4n) is 3.18. The number of nitrogens with two attached hydrogens (primary N) is 1. The van der Waals surface area contributed by atoms with Crippen molar-refractivity contribution in [3.8, 4) is 0 Å². The molecule has 2 aliphatic rings. The van der Waals surface area contributed by atoms with Crippen LogP contribution in [0.15, 0.2) is 0 Å². The Kier molecular flexibility index (Phi) is 3.88. The van der Waals surface area contributed by atoms with E-state index in [2.05, 4.69) is 18.7 Å². The summed E-state index contributed by atoms with van der Waals surface area (Å²) in [4.78, 5) is 2.60. The van der Waals surface area contributed by atoms with Crippen LogP contribution in [0.2, 0.25) is 0 Å². The van der Waals surface area contributed by atoms with Gasteiger partial charge in [-0.3, -0.25) is 4.90 Å². The first-order valence-corrected chi connectivity index (χ1v) is 6.71. The molecule has 1 atom stereocenters. The molecule has 0 aliphatic carbocycles. The Hall–Kier alpha value is -0.120. The molecule has 94 valence electrons. The maximum absolute atomic E-state index is 5.97. The number of rotatable bonds is 3. The molecule has 0 saturated carbocycles. The number of ether oxygens (including phenoxy) is 1. The molecular formula is C13H26N2O. The van der Waals surface area contributed by atoms with E-state index >= 15 is 0 Å². The minimum absolute atomic E-state index is 0.169. The first-order chi connectivity index (χ1) is 7.68. The Bertz CT molecular complexity index is 216. The Balaban J connectivity index is 1.92. The van der Waals surface area contributed by atoms with Crippen LogP contribution in [0.4, 0.5) is 0 Å². The number of likely N-dealkylation sites (tertiary alicyclic amines) is 1. The summed E-state index contributed by atoms with van der Waals surface area (Å²) in [5.74, 6) is 1.74. The van der Waals surface area contributed by atoms with Crippen LogP contribution in [0, 0.1) is 11.8 Å². The molecule has 2 rings (SSSR count). The minimum Gasteiger partial charge on any atom is -0.379 e. The normalized spacial score (nSPS) is 33.8. The zero-order valence-electron chi connectivity index (χ0n) is 10.7. The third-order valence-corrected chi connectivity index (χ3v) is 4.62. The first-order valence-electron chi connectivity index (χ1n) is 6.71. The van der Waals surface area contributed by atoms with E-state index in [4.69, 9.17) is 10.5 Å². The van der Waals surface area contributed by atoms with Gasteiger partial charge in [0.1, 0.15) is 0 Å². The summed E-state index contributed by atoms with van der Waals surface area (Å²) in [6, 6.07) is 0. The summed E-state index contributed by atoms with van der Waals surface area (Å²) < 4.78 is 5.56. The van der Waals surface area contributed by atoms with Gasteiger partial charge in [0.2, 0.25) is 0 Å². The van der Waals surface area contributed by atoms with Crippen LogP contribution in [0.25, 0.3) is 0 Å². The average molecular weight is 226 g/mol. The van der Waals surface area contributed by atoms with Gasteiger partial charge in [0.15, 0.2) is 0 Å².